The molecule has 0 spiro atoms. The van der Waals surface area contributed by atoms with E-state index in [-0.39, 0.29) is 17.3 Å². The summed E-state index contributed by atoms with van der Waals surface area (Å²) in [7, 11) is 0. The molecule has 0 aliphatic rings. The first-order valence-corrected chi connectivity index (χ1v) is 8.35. The molecule has 25 heavy (non-hydrogen) atoms. The van der Waals surface area contributed by atoms with Gasteiger partial charge in [0, 0.05) is 11.5 Å². The van der Waals surface area contributed by atoms with Gasteiger partial charge in [-0.3, -0.25) is 14.9 Å². The number of nitrogens with zero attached hydrogens (tertiary/aromatic N) is 3. The van der Waals surface area contributed by atoms with Crippen molar-refractivity contribution >= 4 is 39.9 Å². The predicted molar refractivity (Wildman–Crippen MR) is 96.6 cm³/mol. The molecule has 126 valence electrons. The SMILES string of the molecule is C[C@@H](Sc1ncnc2ccccc12)C(=O)Nc1ccccc1[N+](=O)[O-]. The van der Waals surface area contributed by atoms with Crippen LogP contribution in [-0.4, -0.2) is 26.0 Å². The van der Waals surface area contributed by atoms with E-state index >= 15 is 0 Å². The lowest BCUT2D eigenvalue weighted by Crippen LogP contribution is -2.23. The predicted octanol–water partition coefficient (Wildman–Crippen LogP) is 3.66. The number of para-hydroxylation sites is 3. The number of carbonyl (C=O) groups is 1. The molecule has 0 aliphatic heterocycles. The Kier molecular flexibility index (Phi) is 4.90. The van der Waals surface area contributed by atoms with Crippen LogP contribution in [0.5, 0.6) is 0 Å². The Bertz CT molecular complexity index is 943. The number of fused-ring (bicyclic) bond motifs is 1. The molecule has 0 radical (unpaired) electrons. The second-order valence-corrected chi connectivity index (χ2v) is 6.55. The summed E-state index contributed by atoms with van der Waals surface area (Å²) in [6, 6.07) is 13.6. The molecule has 7 nitrogen and oxygen atoms in total. The van der Waals surface area contributed by atoms with Gasteiger partial charge in [0.2, 0.25) is 5.91 Å². The molecule has 3 rings (SSSR count). The molecule has 1 atom stereocenters. The molecule has 1 N–H and O–H groups in total. The quantitative estimate of drug-likeness (QED) is 0.325. The highest BCUT2D eigenvalue weighted by Crippen LogP contribution is 2.29. The fourth-order valence-electron chi connectivity index (χ4n) is 2.27. The Hall–Kier alpha value is -3.00. The van der Waals surface area contributed by atoms with Crippen molar-refractivity contribution in [3.63, 3.8) is 0 Å². The van der Waals surface area contributed by atoms with Crippen LogP contribution < -0.4 is 5.32 Å². The van der Waals surface area contributed by atoms with Crippen molar-refractivity contribution in [3.05, 3.63) is 65.0 Å². The second-order valence-electron chi connectivity index (χ2n) is 5.22. The van der Waals surface area contributed by atoms with Crippen molar-refractivity contribution < 1.29 is 9.72 Å². The summed E-state index contributed by atoms with van der Waals surface area (Å²) in [5.74, 6) is -0.331. The van der Waals surface area contributed by atoms with Gasteiger partial charge in [-0.05, 0) is 19.1 Å². The molecule has 0 aliphatic carbocycles. The third-order valence-corrected chi connectivity index (χ3v) is 4.64. The second kappa shape index (κ2) is 7.27. The van der Waals surface area contributed by atoms with Gasteiger partial charge in [-0.1, -0.05) is 42.1 Å². The summed E-state index contributed by atoms with van der Waals surface area (Å²) in [5.41, 5.74) is 0.837. The fourth-order valence-corrected chi connectivity index (χ4v) is 3.18. The molecular formula is C17H14N4O3S. The van der Waals surface area contributed by atoms with Crippen LogP contribution in [0.3, 0.4) is 0 Å². The van der Waals surface area contributed by atoms with Crippen molar-refractivity contribution in [1.82, 2.24) is 9.97 Å². The molecule has 0 fully saturated rings. The Morgan fingerprint density at radius 1 is 1.16 bits per heavy atom. The van der Waals surface area contributed by atoms with Gasteiger partial charge in [0.15, 0.2) is 0 Å². The minimum atomic E-state index is -0.522. The number of carbonyl (C=O) groups excluding carboxylic acids is 1. The number of hydrogen-bond acceptors (Lipinski definition) is 6. The highest BCUT2D eigenvalue weighted by molar-refractivity contribution is 8.00. The van der Waals surface area contributed by atoms with Gasteiger partial charge in [0.05, 0.1) is 15.7 Å². The third-order valence-electron chi connectivity index (χ3n) is 3.52. The minimum Gasteiger partial charge on any atom is -0.319 e. The van der Waals surface area contributed by atoms with E-state index in [9.17, 15) is 14.9 Å². The van der Waals surface area contributed by atoms with Crippen LogP contribution >= 0.6 is 11.8 Å². The lowest BCUT2D eigenvalue weighted by molar-refractivity contribution is -0.383. The van der Waals surface area contributed by atoms with Gasteiger partial charge in [0.25, 0.3) is 5.69 Å². The van der Waals surface area contributed by atoms with E-state index in [2.05, 4.69) is 15.3 Å². The normalized spacial score (nSPS) is 11.9. The minimum absolute atomic E-state index is 0.138. The van der Waals surface area contributed by atoms with Gasteiger partial charge in [-0.2, -0.15) is 0 Å². The van der Waals surface area contributed by atoms with Crippen LogP contribution in [0.2, 0.25) is 0 Å². The smallest absolute Gasteiger partial charge is 0.292 e. The van der Waals surface area contributed by atoms with E-state index in [0.717, 1.165) is 10.9 Å². The van der Waals surface area contributed by atoms with E-state index in [1.54, 1.807) is 19.1 Å². The molecule has 2 aromatic carbocycles. The zero-order chi connectivity index (χ0) is 17.8. The number of amides is 1. The van der Waals surface area contributed by atoms with Crippen molar-refractivity contribution in [3.8, 4) is 0 Å². The number of nitro groups is 1. The largest absolute Gasteiger partial charge is 0.319 e. The maximum Gasteiger partial charge on any atom is 0.292 e. The number of nitrogens with one attached hydrogen (secondary N) is 1. The van der Waals surface area contributed by atoms with Crippen LogP contribution in [0.15, 0.2) is 59.9 Å². The van der Waals surface area contributed by atoms with E-state index in [1.807, 2.05) is 24.3 Å². The number of thioether (sulfide) groups is 1. The zero-order valence-electron chi connectivity index (χ0n) is 13.2. The topological polar surface area (TPSA) is 98.0 Å². The van der Waals surface area contributed by atoms with Crippen LogP contribution in [0.25, 0.3) is 10.9 Å². The number of aromatic nitrogens is 2. The maximum atomic E-state index is 12.4. The van der Waals surface area contributed by atoms with Crippen molar-refractivity contribution in [2.45, 2.75) is 17.2 Å². The average Bonchev–Trinajstić information content (AvgIpc) is 2.62. The highest BCUT2D eigenvalue weighted by atomic mass is 32.2. The van der Waals surface area contributed by atoms with E-state index in [1.165, 1.54) is 30.2 Å². The standard InChI is InChI=1S/C17H14N4O3S/c1-11(16(22)20-14-8-4-5-9-15(14)21(23)24)25-17-12-6-2-3-7-13(12)18-10-19-17/h2-11H,1H3,(H,20,22)/t11-/m1/s1. The number of rotatable bonds is 5. The van der Waals surface area contributed by atoms with Crippen LogP contribution in [0.4, 0.5) is 11.4 Å². The van der Waals surface area contributed by atoms with Gasteiger partial charge in [0.1, 0.15) is 17.0 Å². The van der Waals surface area contributed by atoms with E-state index < -0.39 is 10.2 Å². The molecule has 0 saturated heterocycles. The molecule has 3 aromatic rings. The molecule has 1 aromatic heterocycles. The van der Waals surface area contributed by atoms with Crippen LogP contribution in [0, 0.1) is 10.1 Å². The third kappa shape index (κ3) is 3.74. The first-order valence-electron chi connectivity index (χ1n) is 7.47. The molecule has 0 saturated carbocycles. The first-order chi connectivity index (χ1) is 12.1. The Morgan fingerprint density at radius 2 is 1.88 bits per heavy atom. The summed E-state index contributed by atoms with van der Waals surface area (Å²) in [6.45, 7) is 1.73. The first kappa shape index (κ1) is 16.8. The summed E-state index contributed by atoms with van der Waals surface area (Å²) in [6.07, 6.45) is 1.46. The molecule has 0 bridgehead atoms. The van der Waals surface area contributed by atoms with Crippen LogP contribution in [-0.2, 0) is 4.79 Å². The number of hydrogen-bond donors (Lipinski definition) is 1. The Morgan fingerprint density at radius 3 is 2.68 bits per heavy atom. The summed E-state index contributed by atoms with van der Waals surface area (Å²) >= 11 is 1.28. The van der Waals surface area contributed by atoms with Gasteiger partial charge in [-0.25, -0.2) is 9.97 Å². The molecule has 1 heterocycles. The number of benzene rings is 2. The maximum absolute atomic E-state index is 12.4. The van der Waals surface area contributed by atoms with Crippen LogP contribution in [0.1, 0.15) is 6.92 Å². The van der Waals surface area contributed by atoms with E-state index in [4.69, 9.17) is 0 Å². The molecule has 1 amide bonds. The van der Waals surface area contributed by atoms with Crippen molar-refractivity contribution in [2.24, 2.45) is 0 Å². The lowest BCUT2D eigenvalue weighted by Gasteiger charge is -2.12. The number of anilines is 1. The fraction of sp³-hybridized carbons (Fsp3) is 0.118. The number of nitro benzene ring substituents is 1. The summed E-state index contributed by atoms with van der Waals surface area (Å²) in [4.78, 5) is 31.4. The van der Waals surface area contributed by atoms with Gasteiger partial charge >= 0.3 is 0 Å². The lowest BCUT2D eigenvalue weighted by atomic mass is 10.2. The van der Waals surface area contributed by atoms with Gasteiger partial charge in [-0.15, -0.1) is 0 Å². The van der Waals surface area contributed by atoms with Crippen molar-refractivity contribution in [2.75, 3.05) is 5.32 Å². The van der Waals surface area contributed by atoms with E-state index in [0.29, 0.717) is 5.03 Å². The highest BCUT2D eigenvalue weighted by Gasteiger charge is 2.20. The molecular weight excluding hydrogens is 340 g/mol. The average molecular weight is 354 g/mol. The monoisotopic (exact) mass is 354 g/mol. The summed E-state index contributed by atoms with van der Waals surface area (Å²) < 4.78 is 0. The zero-order valence-corrected chi connectivity index (χ0v) is 14.1. The Labute approximate surface area is 147 Å². The molecule has 0 unspecified atom stereocenters. The van der Waals surface area contributed by atoms with Gasteiger partial charge < -0.3 is 5.32 Å². The Balaban J connectivity index is 1.78. The van der Waals surface area contributed by atoms with Crippen molar-refractivity contribution in [1.29, 1.82) is 0 Å². The molecule has 8 heteroatoms. The summed E-state index contributed by atoms with van der Waals surface area (Å²) in [5, 5.41) is 14.7.